The molecular formula is C26H24BrN5O3S. The van der Waals surface area contributed by atoms with E-state index in [4.69, 9.17) is 4.74 Å². The van der Waals surface area contributed by atoms with Crippen molar-refractivity contribution in [3.8, 4) is 28.6 Å². The van der Waals surface area contributed by atoms with E-state index in [1.807, 2.05) is 66.1 Å². The number of nitrogens with zero attached hydrogens (tertiary/aromatic N) is 4. The van der Waals surface area contributed by atoms with Crippen LogP contribution in [0.1, 0.15) is 18.1 Å². The molecule has 0 radical (unpaired) electrons. The highest BCUT2D eigenvalue weighted by Crippen LogP contribution is 2.35. The van der Waals surface area contributed by atoms with E-state index >= 15 is 0 Å². The maximum atomic E-state index is 12.6. The molecule has 8 nitrogen and oxygen atoms in total. The van der Waals surface area contributed by atoms with Gasteiger partial charge in [-0.3, -0.25) is 9.36 Å². The quantitative estimate of drug-likeness (QED) is 0.169. The van der Waals surface area contributed by atoms with Crippen LogP contribution in [0.2, 0.25) is 0 Å². The topological polar surface area (TPSA) is 102 Å². The number of nitrogens with one attached hydrogen (secondary N) is 1. The number of aryl methyl sites for hydroxylation is 1. The van der Waals surface area contributed by atoms with Gasteiger partial charge < -0.3 is 9.84 Å². The summed E-state index contributed by atoms with van der Waals surface area (Å²) in [5.74, 6) is 0.814. The second-order valence-electron chi connectivity index (χ2n) is 7.87. The zero-order chi connectivity index (χ0) is 25.7. The molecule has 0 atom stereocenters. The molecule has 10 heteroatoms. The zero-order valence-corrected chi connectivity index (χ0v) is 22.3. The maximum absolute atomic E-state index is 12.6. The lowest BCUT2D eigenvalue weighted by Gasteiger charge is -2.10. The summed E-state index contributed by atoms with van der Waals surface area (Å²) < 4.78 is 7.59. The average Bonchev–Trinajstić information content (AvgIpc) is 3.32. The third-order valence-corrected chi connectivity index (χ3v) is 6.84. The first-order valence-corrected chi connectivity index (χ1v) is 12.8. The predicted molar refractivity (Wildman–Crippen MR) is 145 cm³/mol. The summed E-state index contributed by atoms with van der Waals surface area (Å²) in [5, 5.41) is 23.6. The van der Waals surface area contributed by atoms with Gasteiger partial charge in [-0.2, -0.15) is 5.10 Å². The van der Waals surface area contributed by atoms with Crippen LogP contribution in [0.3, 0.4) is 0 Å². The Morgan fingerprint density at radius 2 is 1.86 bits per heavy atom. The molecule has 0 saturated heterocycles. The van der Waals surface area contributed by atoms with E-state index in [1.165, 1.54) is 18.9 Å². The zero-order valence-electron chi connectivity index (χ0n) is 19.9. The number of aromatic hydroxyl groups is 1. The molecule has 1 amide bonds. The summed E-state index contributed by atoms with van der Waals surface area (Å²) in [4.78, 5) is 12.6. The SMILES string of the molecule is COc1cc(C(C)=NNC(=O)CSc2nnc(-c3ccc(C)cc3)n2-c2ccccc2)cc(Br)c1O. The van der Waals surface area contributed by atoms with E-state index in [1.54, 1.807) is 19.1 Å². The fraction of sp³-hybridized carbons (Fsp3) is 0.154. The fourth-order valence-corrected chi connectivity index (χ4v) is 4.56. The highest BCUT2D eigenvalue weighted by Gasteiger charge is 2.17. The van der Waals surface area contributed by atoms with Crippen LogP contribution in [0.4, 0.5) is 0 Å². The van der Waals surface area contributed by atoms with E-state index in [2.05, 4.69) is 36.7 Å². The molecule has 0 aliphatic rings. The van der Waals surface area contributed by atoms with Gasteiger partial charge in [-0.05, 0) is 54.0 Å². The van der Waals surface area contributed by atoms with Crippen LogP contribution in [-0.4, -0.2) is 44.4 Å². The number of ether oxygens (including phenoxy) is 1. The number of phenols is 1. The highest BCUT2D eigenvalue weighted by atomic mass is 79.9. The van der Waals surface area contributed by atoms with Gasteiger partial charge in [-0.15, -0.1) is 10.2 Å². The Bertz CT molecular complexity index is 1410. The standard InChI is InChI=1S/C26H24BrN5O3S/c1-16-9-11-18(12-10-16)25-30-31-26(32(25)20-7-5-4-6-8-20)36-15-23(33)29-28-17(2)19-13-21(27)24(34)22(14-19)35-3/h4-14,34H,15H2,1-3H3,(H,29,33). The van der Waals surface area contributed by atoms with E-state index in [-0.39, 0.29) is 17.4 Å². The van der Waals surface area contributed by atoms with Gasteiger partial charge in [0.05, 0.1) is 23.0 Å². The van der Waals surface area contributed by atoms with Crippen molar-refractivity contribution in [2.24, 2.45) is 5.10 Å². The van der Waals surface area contributed by atoms with Crippen LogP contribution in [0.5, 0.6) is 11.5 Å². The van der Waals surface area contributed by atoms with E-state index in [0.717, 1.165) is 16.8 Å². The average molecular weight is 566 g/mol. The Labute approximate surface area is 221 Å². The van der Waals surface area contributed by atoms with Crippen molar-refractivity contribution in [1.29, 1.82) is 0 Å². The number of para-hydroxylation sites is 1. The summed E-state index contributed by atoms with van der Waals surface area (Å²) in [5.41, 5.74) is 6.82. The molecule has 0 fully saturated rings. The number of thioether (sulfide) groups is 1. The maximum Gasteiger partial charge on any atom is 0.250 e. The number of methoxy groups -OCH3 is 1. The molecule has 0 aliphatic heterocycles. The molecule has 0 spiro atoms. The lowest BCUT2D eigenvalue weighted by atomic mass is 10.1. The van der Waals surface area contributed by atoms with Crippen molar-refractivity contribution >= 4 is 39.3 Å². The Hall–Kier alpha value is -3.63. The molecule has 0 bridgehead atoms. The number of hydrazone groups is 1. The van der Waals surface area contributed by atoms with Gasteiger partial charge in [-0.1, -0.05) is 59.8 Å². The minimum absolute atomic E-state index is 0.00187. The molecule has 184 valence electrons. The number of hydrogen-bond donors (Lipinski definition) is 2. The van der Waals surface area contributed by atoms with Crippen LogP contribution in [0, 0.1) is 6.92 Å². The van der Waals surface area contributed by atoms with Crippen LogP contribution in [0.15, 0.2) is 81.5 Å². The first kappa shape index (κ1) is 25.5. The van der Waals surface area contributed by atoms with Gasteiger partial charge in [0, 0.05) is 16.8 Å². The van der Waals surface area contributed by atoms with Crippen molar-refractivity contribution in [3.05, 3.63) is 82.3 Å². The summed E-state index contributed by atoms with van der Waals surface area (Å²) in [6.07, 6.45) is 0. The highest BCUT2D eigenvalue weighted by molar-refractivity contribution is 9.10. The van der Waals surface area contributed by atoms with Crippen molar-refractivity contribution in [1.82, 2.24) is 20.2 Å². The van der Waals surface area contributed by atoms with Crippen molar-refractivity contribution in [3.63, 3.8) is 0 Å². The normalized spacial score (nSPS) is 11.4. The Morgan fingerprint density at radius 1 is 1.14 bits per heavy atom. The van der Waals surface area contributed by atoms with Gasteiger partial charge in [0.2, 0.25) is 0 Å². The van der Waals surface area contributed by atoms with Gasteiger partial charge >= 0.3 is 0 Å². The van der Waals surface area contributed by atoms with Gasteiger partial charge in [0.1, 0.15) is 0 Å². The molecule has 0 aliphatic carbocycles. The summed E-state index contributed by atoms with van der Waals surface area (Å²) in [6, 6.07) is 21.2. The minimum Gasteiger partial charge on any atom is -0.503 e. The van der Waals surface area contributed by atoms with E-state index in [9.17, 15) is 9.90 Å². The Balaban J connectivity index is 1.51. The number of hydrogen-bond acceptors (Lipinski definition) is 7. The third-order valence-electron chi connectivity index (χ3n) is 5.30. The molecule has 36 heavy (non-hydrogen) atoms. The first-order chi connectivity index (χ1) is 17.4. The van der Waals surface area contributed by atoms with Crippen LogP contribution < -0.4 is 10.2 Å². The molecular weight excluding hydrogens is 542 g/mol. The summed E-state index contributed by atoms with van der Waals surface area (Å²) >= 11 is 4.57. The number of amides is 1. The molecule has 0 unspecified atom stereocenters. The van der Waals surface area contributed by atoms with Gasteiger partial charge in [0.15, 0.2) is 22.5 Å². The fourth-order valence-electron chi connectivity index (χ4n) is 3.37. The monoisotopic (exact) mass is 565 g/mol. The van der Waals surface area contributed by atoms with Crippen molar-refractivity contribution in [2.45, 2.75) is 19.0 Å². The lowest BCUT2D eigenvalue weighted by molar-refractivity contribution is -0.118. The molecule has 4 rings (SSSR count). The van der Waals surface area contributed by atoms with Crippen LogP contribution in [-0.2, 0) is 4.79 Å². The molecule has 3 aromatic carbocycles. The number of benzene rings is 3. The molecule has 2 N–H and O–H groups in total. The number of aromatic nitrogens is 3. The molecule has 1 heterocycles. The molecule has 1 aromatic heterocycles. The number of phenolic OH excluding ortho intramolecular Hbond substituents is 1. The van der Waals surface area contributed by atoms with Crippen LogP contribution in [0.25, 0.3) is 17.1 Å². The number of carbonyl (C=O) groups is 1. The molecule has 0 saturated carbocycles. The lowest BCUT2D eigenvalue weighted by Crippen LogP contribution is -2.21. The summed E-state index contributed by atoms with van der Waals surface area (Å²) in [7, 11) is 1.47. The van der Waals surface area contributed by atoms with Gasteiger partial charge in [0.25, 0.3) is 5.91 Å². The molecule has 4 aromatic rings. The Morgan fingerprint density at radius 3 is 2.56 bits per heavy atom. The first-order valence-electron chi connectivity index (χ1n) is 11.0. The second kappa shape index (κ2) is 11.4. The smallest absolute Gasteiger partial charge is 0.250 e. The van der Waals surface area contributed by atoms with E-state index < -0.39 is 0 Å². The van der Waals surface area contributed by atoms with E-state index in [0.29, 0.717) is 32.5 Å². The Kier molecular flexibility index (Phi) is 8.07. The van der Waals surface area contributed by atoms with Crippen molar-refractivity contribution in [2.75, 3.05) is 12.9 Å². The number of carbonyl (C=O) groups excluding carboxylic acids is 1. The minimum atomic E-state index is -0.288. The van der Waals surface area contributed by atoms with Gasteiger partial charge in [-0.25, -0.2) is 5.43 Å². The third kappa shape index (κ3) is 5.77. The largest absolute Gasteiger partial charge is 0.503 e. The number of rotatable bonds is 8. The van der Waals surface area contributed by atoms with Crippen molar-refractivity contribution < 1.29 is 14.6 Å². The van der Waals surface area contributed by atoms with Crippen LogP contribution >= 0.6 is 27.7 Å². The number of halogens is 1. The predicted octanol–water partition coefficient (Wildman–Crippen LogP) is 5.35. The summed E-state index contributed by atoms with van der Waals surface area (Å²) in [6.45, 7) is 3.79. The second-order valence-corrected chi connectivity index (χ2v) is 9.67.